The number of carbonyl (C=O) groups is 1. The van der Waals surface area contributed by atoms with Crippen molar-refractivity contribution in [2.45, 2.75) is 19.6 Å². The summed E-state index contributed by atoms with van der Waals surface area (Å²) in [7, 11) is 0. The van der Waals surface area contributed by atoms with Crippen molar-refractivity contribution < 1.29 is 13.9 Å². The summed E-state index contributed by atoms with van der Waals surface area (Å²) in [5.74, 6) is -0.460. The fraction of sp³-hybridized carbons (Fsp3) is 0.316. The third kappa shape index (κ3) is 3.43. The molecule has 26 heavy (non-hydrogen) atoms. The minimum absolute atomic E-state index is 0.113. The maximum atomic E-state index is 13.4. The molecule has 1 amide bonds. The van der Waals surface area contributed by atoms with Gasteiger partial charge in [0.2, 0.25) is 0 Å². The van der Waals surface area contributed by atoms with E-state index in [1.165, 1.54) is 12.1 Å². The van der Waals surface area contributed by atoms with Crippen LogP contribution < -0.4 is 0 Å². The first-order valence-electron chi connectivity index (χ1n) is 8.54. The van der Waals surface area contributed by atoms with Crippen LogP contribution in [0.2, 0.25) is 0 Å². The molecule has 1 aliphatic rings. The van der Waals surface area contributed by atoms with Gasteiger partial charge in [-0.1, -0.05) is 0 Å². The van der Waals surface area contributed by atoms with Gasteiger partial charge in [-0.2, -0.15) is 5.10 Å². The second kappa shape index (κ2) is 6.84. The molecule has 1 unspecified atom stereocenters. The predicted octanol–water partition coefficient (Wildman–Crippen LogP) is 2.42. The van der Waals surface area contributed by atoms with Gasteiger partial charge in [-0.05, 0) is 36.8 Å². The van der Waals surface area contributed by atoms with Crippen molar-refractivity contribution in [1.29, 1.82) is 0 Å². The molecule has 1 aliphatic heterocycles. The Labute approximate surface area is 150 Å². The first-order chi connectivity index (χ1) is 12.6. The van der Waals surface area contributed by atoms with Gasteiger partial charge >= 0.3 is 0 Å². The zero-order valence-corrected chi connectivity index (χ0v) is 14.4. The van der Waals surface area contributed by atoms with E-state index in [1.807, 2.05) is 17.8 Å². The first-order valence-corrected chi connectivity index (χ1v) is 8.54. The summed E-state index contributed by atoms with van der Waals surface area (Å²) in [4.78, 5) is 18.9. The van der Waals surface area contributed by atoms with Crippen molar-refractivity contribution >= 4 is 16.8 Å². The van der Waals surface area contributed by atoms with Crippen LogP contribution in [0, 0.1) is 12.7 Å². The Bertz CT molecular complexity index is 956. The van der Waals surface area contributed by atoms with Crippen molar-refractivity contribution in [2.75, 3.05) is 19.7 Å². The van der Waals surface area contributed by atoms with Crippen molar-refractivity contribution in [2.24, 2.45) is 0 Å². The lowest BCUT2D eigenvalue weighted by Gasteiger charge is -2.33. The number of carbonyl (C=O) groups excluding carboxylic acids is 1. The molecule has 3 heterocycles. The third-order valence-electron chi connectivity index (χ3n) is 4.47. The molecule has 0 aliphatic carbocycles. The van der Waals surface area contributed by atoms with E-state index in [2.05, 4.69) is 10.1 Å². The molecule has 0 saturated carbocycles. The van der Waals surface area contributed by atoms with Crippen LogP contribution in [-0.2, 0) is 11.3 Å². The van der Waals surface area contributed by atoms with Crippen LogP contribution >= 0.6 is 0 Å². The van der Waals surface area contributed by atoms with Crippen LogP contribution in [0.25, 0.3) is 10.9 Å². The summed E-state index contributed by atoms with van der Waals surface area (Å²) in [6.07, 6.45) is 5.18. The second-order valence-electron chi connectivity index (χ2n) is 6.54. The Balaban J connectivity index is 1.50. The smallest absolute Gasteiger partial charge is 0.255 e. The number of amides is 1. The van der Waals surface area contributed by atoms with Gasteiger partial charge < -0.3 is 9.64 Å². The van der Waals surface area contributed by atoms with Gasteiger partial charge in [0, 0.05) is 30.9 Å². The predicted molar refractivity (Wildman–Crippen MR) is 94.3 cm³/mol. The van der Waals surface area contributed by atoms with Crippen molar-refractivity contribution in [1.82, 2.24) is 19.7 Å². The summed E-state index contributed by atoms with van der Waals surface area (Å²) < 4.78 is 21.0. The number of rotatable bonds is 3. The topological polar surface area (TPSA) is 60.2 Å². The number of fused-ring (bicyclic) bond motifs is 1. The molecule has 0 radical (unpaired) electrons. The summed E-state index contributed by atoms with van der Waals surface area (Å²) in [5, 5.41) is 4.89. The maximum Gasteiger partial charge on any atom is 0.255 e. The average molecular weight is 354 g/mol. The number of pyridine rings is 1. The van der Waals surface area contributed by atoms with Crippen molar-refractivity contribution in [3.63, 3.8) is 0 Å². The normalized spacial score (nSPS) is 17.6. The fourth-order valence-corrected chi connectivity index (χ4v) is 3.19. The number of morpholine rings is 1. The van der Waals surface area contributed by atoms with Crippen LogP contribution in [0.15, 0.2) is 42.9 Å². The minimum Gasteiger partial charge on any atom is -0.373 e. The second-order valence-corrected chi connectivity index (χ2v) is 6.54. The van der Waals surface area contributed by atoms with E-state index in [-0.39, 0.29) is 17.8 Å². The lowest BCUT2D eigenvalue weighted by Crippen LogP contribution is -2.47. The molecule has 3 aromatic rings. The van der Waals surface area contributed by atoms with Crippen molar-refractivity contribution in [3.8, 4) is 0 Å². The standard InChI is InChI=1S/C19H19FN4O2/c1-13-8-22-24(10-13)12-17-11-23(4-5-26-17)19(25)15-6-14-7-16(20)2-3-18(14)21-9-15/h2-3,6-10,17H,4-5,11-12H2,1H3. The molecule has 1 saturated heterocycles. The van der Waals surface area contributed by atoms with Gasteiger partial charge in [-0.25, -0.2) is 4.39 Å². The van der Waals surface area contributed by atoms with E-state index in [1.54, 1.807) is 29.4 Å². The number of aromatic nitrogens is 3. The highest BCUT2D eigenvalue weighted by Crippen LogP contribution is 2.17. The number of halogens is 1. The monoisotopic (exact) mass is 354 g/mol. The zero-order chi connectivity index (χ0) is 18.1. The molecule has 134 valence electrons. The number of hydrogen-bond donors (Lipinski definition) is 0. The van der Waals surface area contributed by atoms with Crippen molar-refractivity contribution in [3.05, 3.63) is 59.8 Å². The highest BCUT2D eigenvalue weighted by atomic mass is 19.1. The van der Waals surface area contributed by atoms with Gasteiger partial charge in [0.1, 0.15) is 5.82 Å². The summed E-state index contributed by atoms with van der Waals surface area (Å²) in [6.45, 7) is 4.06. The number of hydrogen-bond acceptors (Lipinski definition) is 4. The van der Waals surface area contributed by atoms with Gasteiger partial charge in [0.25, 0.3) is 5.91 Å². The Hall–Kier alpha value is -2.80. The molecule has 2 aromatic heterocycles. The lowest BCUT2D eigenvalue weighted by atomic mass is 10.1. The first kappa shape index (κ1) is 16.7. The molecular weight excluding hydrogens is 335 g/mol. The van der Waals surface area contributed by atoms with Gasteiger partial charge in [0.15, 0.2) is 0 Å². The van der Waals surface area contributed by atoms with Gasteiger partial charge in [0.05, 0.1) is 36.5 Å². The Morgan fingerprint density at radius 1 is 1.35 bits per heavy atom. The number of ether oxygens (including phenoxy) is 1. The van der Waals surface area contributed by atoms with E-state index >= 15 is 0 Å². The Morgan fingerprint density at radius 2 is 2.23 bits per heavy atom. The maximum absolute atomic E-state index is 13.4. The fourth-order valence-electron chi connectivity index (χ4n) is 3.19. The van der Waals surface area contributed by atoms with E-state index < -0.39 is 0 Å². The van der Waals surface area contributed by atoms with Crippen LogP contribution in [0.1, 0.15) is 15.9 Å². The quantitative estimate of drug-likeness (QED) is 0.725. The van der Waals surface area contributed by atoms with Crippen LogP contribution in [0.4, 0.5) is 4.39 Å². The van der Waals surface area contributed by atoms with Gasteiger partial charge in [-0.3, -0.25) is 14.5 Å². The van der Waals surface area contributed by atoms with Crippen LogP contribution in [-0.4, -0.2) is 51.4 Å². The SMILES string of the molecule is Cc1cnn(CC2CN(C(=O)c3cnc4ccc(F)cc4c3)CCO2)c1. The molecule has 1 fully saturated rings. The molecular formula is C19H19FN4O2. The Kier molecular flexibility index (Phi) is 4.38. The number of aryl methyl sites for hydroxylation is 1. The lowest BCUT2D eigenvalue weighted by molar-refractivity contribution is -0.0300. The molecule has 7 heteroatoms. The highest BCUT2D eigenvalue weighted by Gasteiger charge is 2.26. The minimum atomic E-state index is -0.343. The molecule has 0 bridgehead atoms. The number of benzene rings is 1. The zero-order valence-electron chi connectivity index (χ0n) is 14.4. The molecule has 1 atom stereocenters. The molecule has 4 rings (SSSR count). The molecule has 0 N–H and O–H groups in total. The number of nitrogens with zero attached hydrogens (tertiary/aromatic N) is 4. The van der Waals surface area contributed by atoms with E-state index in [0.29, 0.717) is 42.7 Å². The van der Waals surface area contributed by atoms with Crippen LogP contribution in [0.3, 0.4) is 0 Å². The van der Waals surface area contributed by atoms with E-state index in [9.17, 15) is 9.18 Å². The largest absolute Gasteiger partial charge is 0.373 e. The summed E-state index contributed by atoms with van der Waals surface area (Å²) >= 11 is 0. The molecule has 6 nitrogen and oxygen atoms in total. The van der Waals surface area contributed by atoms with E-state index in [4.69, 9.17) is 4.74 Å². The summed E-state index contributed by atoms with van der Waals surface area (Å²) in [5.41, 5.74) is 2.21. The summed E-state index contributed by atoms with van der Waals surface area (Å²) in [6, 6.07) is 6.05. The van der Waals surface area contributed by atoms with Crippen LogP contribution in [0.5, 0.6) is 0 Å². The average Bonchev–Trinajstić information content (AvgIpc) is 3.05. The van der Waals surface area contributed by atoms with E-state index in [0.717, 1.165) is 5.56 Å². The third-order valence-corrected chi connectivity index (χ3v) is 4.47. The highest BCUT2D eigenvalue weighted by molar-refractivity contribution is 5.97. The molecule has 1 aromatic carbocycles. The van der Waals surface area contributed by atoms with Gasteiger partial charge in [-0.15, -0.1) is 0 Å². The molecule has 0 spiro atoms. The Morgan fingerprint density at radius 3 is 3.04 bits per heavy atom.